The van der Waals surface area contributed by atoms with Crippen LogP contribution in [-0.2, 0) is 6.42 Å². The average molecular weight is 231 g/mol. The lowest BCUT2D eigenvalue weighted by Crippen LogP contribution is -2.11. The van der Waals surface area contributed by atoms with Gasteiger partial charge in [0.25, 0.3) is 0 Å². The zero-order valence-corrected chi connectivity index (χ0v) is 7.86. The summed E-state index contributed by atoms with van der Waals surface area (Å²) in [5.74, 6) is -7.37. The lowest BCUT2D eigenvalue weighted by Gasteiger charge is -2.06. The maximum Gasteiger partial charge on any atom is 0.204 e. The zero-order valence-electron chi connectivity index (χ0n) is 7.86. The van der Waals surface area contributed by atoms with Gasteiger partial charge in [-0.2, -0.15) is 9.65 Å². The van der Waals surface area contributed by atoms with E-state index >= 15 is 0 Å². The number of rotatable bonds is 1. The maximum atomic E-state index is 13.2. The van der Waals surface area contributed by atoms with Crippen molar-refractivity contribution in [3.05, 3.63) is 28.8 Å². The first-order chi connectivity index (χ1) is 7.56. The van der Waals surface area contributed by atoms with Crippen LogP contribution in [0.1, 0.15) is 12.0 Å². The van der Waals surface area contributed by atoms with Gasteiger partial charge in [-0.25, -0.2) is 13.2 Å². The van der Waals surface area contributed by atoms with Crippen LogP contribution >= 0.6 is 0 Å². The van der Waals surface area contributed by atoms with Crippen LogP contribution in [0.4, 0.5) is 17.6 Å². The Morgan fingerprint density at radius 1 is 1.12 bits per heavy atom. The van der Waals surface area contributed by atoms with Crippen LogP contribution in [0, 0.1) is 34.6 Å². The van der Waals surface area contributed by atoms with Gasteiger partial charge in [-0.05, 0) is 0 Å². The first kappa shape index (κ1) is 10.7. The van der Waals surface area contributed by atoms with Crippen molar-refractivity contribution in [1.82, 2.24) is 0 Å². The molecule has 84 valence electrons. The van der Waals surface area contributed by atoms with Crippen molar-refractivity contribution < 1.29 is 22.3 Å². The number of nitriles is 1. The summed E-state index contributed by atoms with van der Waals surface area (Å²) in [6.07, 6.45) is -0.996. The van der Waals surface area contributed by atoms with Gasteiger partial charge in [0.15, 0.2) is 17.4 Å². The molecule has 0 N–H and O–H groups in total. The minimum atomic E-state index is -1.89. The van der Waals surface area contributed by atoms with Gasteiger partial charge in [0.2, 0.25) is 11.6 Å². The van der Waals surface area contributed by atoms with Gasteiger partial charge in [-0.1, -0.05) is 0 Å². The average Bonchev–Trinajstić information content (AvgIpc) is 2.68. The summed E-state index contributed by atoms with van der Waals surface area (Å²) in [6, 6.07) is 1.76. The molecule has 16 heavy (non-hydrogen) atoms. The highest BCUT2D eigenvalue weighted by molar-refractivity contribution is 5.41. The first-order valence-corrected chi connectivity index (χ1v) is 4.44. The lowest BCUT2D eigenvalue weighted by molar-refractivity contribution is 0.226. The minimum Gasteiger partial charge on any atom is -0.485 e. The second-order valence-electron chi connectivity index (χ2n) is 3.37. The molecule has 0 fully saturated rings. The Kier molecular flexibility index (Phi) is 2.46. The third-order valence-electron chi connectivity index (χ3n) is 2.35. The smallest absolute Gasteiger partial charge is 0.204 e. The summed E-state index contributed by atoms with van der Waals surface area (Å²) in [5, 5.41) is 8.39. The van der Waals surface area contributed by atoms with Crippen LogP contribution in [0.25, 0.3) is 0 Å². The van der Waals surface area contributed by atoms with Gasteiger partial charge in [-0.3, -0.25) is 0 Å². The molecule has 0 radical (unpaired) electrons. The summed E-state index contributed by atoms with van der Waals surface area (Å²) < 4.78 is 56.9. The maximum absolute atomic E-state index is 13.2. The van der Waals surface area contributed by atoms with Crippen molar-refractivity contribution in [3.63, 3.8) is 0 Å². The van der Waals surface area contributed by atoms with Crippen LogP contribution < -0.4 is 4.74 Å². The highest BCUT2D eigenvalue weighted by Crippen LogP contribution is 2.37. The Hall–Kier alpha value is -1.77. The van der Waals surface area contributed by atoms with E-state index in [2.05, 4.69) is 0 Å². The van der Waals surface area contributed by atoms with Gasteiger partial charge >= 0.3 is 0 Å². The van der Waals surface area contributed by atoms with Gasteiger partial charge in [0.05, 0.1) is 12.5 Å². The molecule has 1 aliphatic heterocycles. The molecule has 0 saturated carbocycles. The molecule has 1 aromatic rings. The van der Waals surface area contributed by atoms with Crippen molar-refractivity contribution in [2.45, 2.75) is 18.9 Å². The van der Waals surface area contributed by atoms with Crippen LogP contribution in [0.3, 0.4) is 0 Å². The third-order valence-corrected chi connectivity index (χ3v) is 2.35. The number of benzene rings is 1. The van der Waals surface area contributed by atoms with Gasteiger partial charge in [0.1, 0.15) is 6.10 Å². The summed E-state index contributed by atoms with van der Waals surface area (Å²) in [5.41, 5.74) is -0.350. The molecule has 0 aliphatic carbocycles. The molecule has 0 bridgehead atoms. The molecule has 1 unspecified atom stereocenters. The van der Waals surface area contributed by atoms with E-state index in [9.17, 15) is 17.6 Å². The summed E-state index contributed by atoms with van der Waals surface area (Å²) in [4.78, 5) is 0. The predicted octanol–water partition coefficient (Wildman–Crippen LogP) is 2.46. The topological polar surface area (TPSA) is 33.0 Å². The molecule has 1 aromatic carbocycles. The Bertz CT molecular complexity index is 458. The van der Waals surface area contributed by atoms with Crippen LogP contribution in [-0.4, -0.2) is 6.10 Å². The van der Waals surface area contributed by atoms with Crippen molar-refractivity contribution >= 4 is 0 Å². The SMILES string of the molecule is N#CCC1Cc2c(F)c(F)c(F)c(F)c2O1. The van der Waals surface area contributed by atoms with Gasteiger partial charge in [0, 0.05) is 12.0 Å². The van der Waals surface area contributed by atoms with E-state index in [4.69, 9.17) is 10.00 Å². The Morgan fingerprint density at radius 2 is 1.75 bits per heavy atom. The van der Waals surface area contributed by atoms with E-state index in [0.717, 1.165) is 0 Å². The molecule has 0 aromatic heterocycles. The van der Waals surface area contributed by atoms with E-state index in [1.165, 1.54) is 0 Å². The van der Waals surface area contributed by atoms with Crippen molar-refractivity contribution in [1.29, 1.82) is 5.26 Å². The zero-order chi connectivity index (χ0) is 11.9. The fourth-order valence-electron chi connectivity index (χ4n) is 1.61. The van der Waals surface area contributed by atoms with Crippen molar-refractivity contribution in [2.24, 2.45) is 0 Å². The standard InChI is InChI=1S/C10H5F4NO/c11-6-5-3-4(1-2-15)16-10(5)9(14)8(13)7(6)12/h4H,1,3H2. The number of ether oxygens (including phenoxy) is 1. The molecular formula is C10H5F4NO. The van der Waals surface area contributed by atoms with E-state index < -0.39 is 35.1 Å². The van der Waals surface area contributed by atoms with E-state index in [1.807, 2.05) is 0 Å². The summed E-state index contributed by atoms with van der Waals surface area (Å²) in [6.45, 7) is 0. The molecule has 2 rings (SSSR count). The fraction of sp³-hybridized carbons (Fsp3) is 0.300. The van der Waals surface area contributed by atoms with Crippen LogP contribution in [0.2, 0.25) is 0 Å². The molecule has 1 heterocycles. The van der Waals surface area contributed by atoms with Crippen LogP contribution in [0.15, 0.2) is 0 Å². The number of halogens is 4. The highest BCUT2D eigenvalue weighted by atomic mass is 19.2. The third kappa shape index (κ3) is 1.40. The Morgan fingerprint density at radius 3 is 2.38 bits per heavy atom. The monoisotopic (exact) mass is 231 g/mol. The Balaban J connectivity index is 2.50. The number of hydrogen-bond donors (Lipinski definition) is 0. The molecular weight excluding hydrogens is 226 g/mol. The second-order valence-corrected chi connectivity index (χ2v) is 3.37. The first-order valence-electron chi connectivity index (χ1n) is 4.44. The summed E-state index contributed by atoms with van der Waals surface area (Å²) in [7, 11) is 0. The van der Waals surface area contributed by atoms with Crippen molar-refractivity contribution in [3.8, 4) is 11.8 Å². The lowest BCUT2D eigenvalue weighted by atomic mass is 10.1. The molecule has 1 aliphatic rings. The van der Waals surface area contributed by atoms with Gasteiger partial charge in [-0.15, -0.1) is 0 Å². The molecule has 2 nitrogen and oxygen atoms in total. The molecule has 1 atom stereocenters. The normalized spacial score (nSPS) is 17.8. The number of hydrogen-bond acceptors (Lipinski definition) is 2. The number of nitrogens with zero attached hydrogens (tertiary/aromatic N) is 1. The summed E-state index contributed by atoms with van der Waals surface area (Å²) >= 11 is 0. The van der Waals surface area contributed by atoms with Gasteiger partial charge < -0.3 is 4.74 Å². The molecule has 0 spiro atoms. The van der Waals surface area contributed by atoms with Crippen molar-refractivity contribution in [2.75, 3.05) is 0 Å². The quantitative estimate of drug-likeness (QED) is 0.422. The van der Waals surface area contributed by atoms with Crippen LogP contribution in [0.5, 0.6) is 5.75 Å². The minimum absolute atomic E-state index is 0.100. The second kappa shape index (κ2) is 3.67. The predicted molar refractivity (Wildman–Crippen MR) is 44.6 cm³/mol. The number of fused-ring (bicyclic) bond motifs is 1. The van der Waals surface area contributed by atoms with E-state index in [-0.39, 0.29) is 18.4 Å². The molecule has 6 heteroatoms. The molecule has 0 saturated heterocycles. The molecule has 0 amide bonds. The van der Waals surface area contributed by atoms with E-state index in [0.29, 0.717) is 0 Å². The van der Waals surface area contributed by atoms with E-state index in [1.54, 1.807) is 6.07 Å². The Labute approximate surface area is 88.1 Å². The largest absolute Gasteiger partial charge is 0.485 e. The fourth-order valence-corrected chi connectivity index (χ4v) is 1.61. The highest BCUT2D eigenvalue weighted by Gasteiger charge is 2.34.